The molecule has 6 aromatic rings. The van der Waals surface area contributed by atoms with Crippen molar-refractivity contribution in [1.29, 1.82) is 0 Å². The van der Waals surface area contributed by atoms with E-state index in [1.807, 2.05) is 32.0 Å². The molecule has 2 heterocycles. The Morgan fingerprint density at radius 2 is 1.08 bits per heavy atom. The van der Waals surface area contributed by atoms with Crippen LogP contribution in [0.2, 0.25) is 0 Å². The van der Waals surface area contributed by atoms with Crippen LogP contribution < -0.4 is 31.6 Å². The number of carbonyl (C=O) groups excluding carboxylic acids is 4. The Labute approximate surface area is 346 Å². The maximum atomic E-state index is 13.1. The number of anilines is 2. The van der Waals surface area contributed by atoms with Crippen LogP contribution in [-0.4, -0.2) is 68.2 Å². The zero-order chi connectivity index (χ0) is 42.1. The summed E-state index contributed by atoms with van der Waals surface area (Å²) in [5.41, 5.74) is 18.4. The first-order valence-electron chi connectivity index (χ1n) is 20.0. The molecule has 0 saturated heterocycles. The molecule has 2 aromatic heterocycles. The summed E-state index contributed by atoms with van der Waals surface area (Å²) in [6, 6.07) is 25.3. The van der Waals surface area contributed by atoms with Gasteiger partial charge in [0.25, 0.3) is 11.8 Å². The molecule has 2 amide bonds. The van der Waals surface area contributed by atoms with Crippen molar-refractivity contribution in [2.24, 2.45) is 0 Å². The second-order valence-corrected chi connectivity index (χ2v) is 15.4. The van der Waals surface area contributed by atoms with Crippen molar-refractivity contribution in [3.8, 4) is 22.9 Å². The van der Waals surface area contributed by atoms with E-state index in [-0.39, 0.29) is 53.2 Å². The predicted octanol–water partition coefficient (Wildman–Crippen LogP) is 6.32. The van der Waals surface area contributed by atoms with E-state index in [0.717, 1.165) is 49.7 Å². The van der Waals surface area contributed by atoms with E-state index in [0.29, 0.717) is 56.3 Å². The number of hydrogen-bond acceptors (Lipinski definition) is 10. The molecular formula is C46H46N8O6. The minimum absolute atomic E-state index is 0.113. The van der Waals surface area contributed by atoms with Gasteiger partial charge in [-0.15, -0.1) is 0 Å². The number of nitrogens with two attached hydrogens (primary N) is 2. The topological polar surface area (TPSA) is 198 Å². The highest BCUT2D eigenvalue weighted by atomic mass is 16.5. The summed E-state index contributed by atoms with van der Waals surface area (Å²) in [5, 5.41) is 14.6. The van der Waals surface area contributed by atoms with Crippen LogP contribution in [0.15, 0.2) is 97.3 Å². The van der Waals surface area contributed by atoms with Crippen LogP contribution >= 0.6 is 0 Å². The molecule has 0 bridgehead atoms. The molecule has 0 unspecified atom stereocenters. The first-order valence-corrected chi connectivity index (χ1v) is 20.0. The smallest absolute Gasteiger partial charge is 0.251 e. The molecule has 6 N–H and O–H groups in total. The standard InChI is InChI=1S/C24H24N4O3.C22H22N4O3/c1-14-5-6-16(24(30)27-17-7-8-17)12-21(14)28-23(25)20(13-26-28)22(29)15-3-2-4-19(11-15)31-18-9-10-18;1-13-3-4-15(22(28)25-16-7-8-16)11-19(13)26-21(23)18(12-24-26)20(27)14-5-9-17(29-2)10-6-14/h2-6,11-13,17-18H,7-10,25H2,1H3,(H,27,30);3-6,9-12,16H,7-8,23H2,1-2H3,(H,25,28). The number of ketones is 2. The van der Waals surface area contributed by atoms with E-state index in [1.165, 1.54) is 21.8 Å². The average Bonchev–Trinajstić information content (AvgIpc) is 4.19. The molecule has 14 heteroatoms. The maximum Gasteiger partial charge on any atom is 0.251 e. The van der Waals surface area contributed by atoms with Gasteiger partial charge in [0.05, 0.1) is 48.1 Å². The Balaban J connectivity index is 0.000000167. The summed E-state index contributed by atoms with van der Waals surface area (Å²) in [5.74, 6) is 1.15. The summed E-state index contributed by atoms with van der Waals surface area (Å²) in [7, 11) is 1.57. The molecule has 306 valence electrons. The Morgan fingerprint density at radius 3 is 1.55 bits per heavy atom. The van der Waals surface area contributed by atoms with Crippen LogP contribution in [0.25, 0.3) is 11.4 Å². The zero-order valence-electron chi connectivity index (χ0n) is 33.6. The van der Waals surface area contributed by atoms with Crippen molar-refractivity contribution >= 4 is 35.0 Å². The van der Waals surface area contributed by atoms with Crippen molar-refractivity contribution in [3.63, 3.8) is 0 Å². The number of aromatic nitrogens is 4. The van der Waals surface area contributed by atoms with Crippen molar-refractivity contribution in [3.05, 3.63) is 142 Å². The van der Waals surface area contributed by atoms with Crippen molar-refractivity contribution in [2.75, 3.05) is 18.6 Å². The molecule has 3 saturated carbocycles. The third-order valence-electron chi connectivity index (χ3n) is 10.6. The Hall–Kier alpha value is -7.22. The van der Waals surface area contributed by atoms with Crippen molar-refractivity contribution in [2.45, 2.75) is 70.6 Å². The van der Waals surface area contributed by atoms with Crippen molar-refractivity contribution < 1.29 is 28.7 Å². The average molecular weight is 807 g/mol. The predicted molar refractivity (Wildman–Crippen MR) is 226 cm³/mol. The summed E-state index contributed by atoms with van der Waals surface area (Å²) >= 11 is 0. The summed E-state index contributed by atoms with van der Waals surface area (Å²) in [6.45, 7) is 3.82. The van der Waals surface area contributed by atoms with Crippen LogP contribution in [0.5, 0.6) is 11.5 Å². The Kier molecular flexibility index (Phi) is 10.9. The largest absolute Gasteiger partial charge is 0.497 e. The van der Waals surface area contributed by atoms with Gasteiger partial charge in [-0.25, -0.2) is 9.36 Å². The minimum Gasteiger partial charge on any atom is -0.497 e. The van der Waals surface area contributed by atoms with Gasteiger partial charge in [0.1, 0.15) is 23.1 Å². The van der Waals surface area contributed by atoms with E-state index in [2.05, 4.69) is 20.8 Å². The van der Waals surface area contributed by atoms with E-state index in [9.17, 15) is 19.2 Å². The lowest BCUT2D eigenvalue weighted by Crippen LogP contribution is -2.25. The number of aryl methyl sites for hydroxylation is 2. The SMILES string of the molecule is COc1ccc(C(=O)c2cnn(-c3cc(C(=O)NC4CC4)ccc3C)c2N)cc1.Cc1ccc(C(=O)NC2CC2)cc1-n1ncc(C(=O)c2cccc(OC3CC3)c2)c1N. The number of nitrogen functional groups attached to an aromatic ring is 2. The van der Waals surface area contributed by atoms with Gasteiger partial charge in [0.15, 0.2) is 11.6 Å². The molecule has 0 radical (unpaired) electrons. The molecule has 3 aliphatic carbocycles. The van der Waals surface area contributed by atoms with Crippen LogP contribution in [0.1, 0.15) is 102 Å². The van der Waals surface area contributed by atoms with Gasteiger partial charge < -0.3 is 31.6 Å². The number of rotatable bonds is 13. The van der Waals surface area contributed by atoms with Gasteiger partial charge in [-0.2, -0.15) is 10.2 Å². The summed E-state index contributed by atoms with van der Waals surface area (Å²) < 4.78 is 13.9. The van der Waals surface area contributed by atoms with Gasteiger partial charge >= 0.3 is 0 Å². The molecule has 0 atom stereocenters. The van der Waals surface area contributed by atoms with Crippen LogP contribution in [0, 0.1) is 13.8 Å². The van der Waals surface area contributed by atoms with Gasteiger partial charge in [0.2, 0.25) is 0 Å². The molecule has 3 fully saturated rings. The molecule has 4 aromatic carbocycles. The lowest BCUT2D eigenvalue weighted by molar-refractivity contribution is 0.0942. The molecule has 0 spiro atoms. The Bertz CT molecular complexity index is 2620. The quantitative estimate of drug-likeness (QED) is 0.0958. The number of nitrogens with zero attached hydrogens (tertiary/aromatic N) is 4. The number of methoxy groups -OCH3 is 1. The highest BCUT2D eigenvalue weighted by molar-refractivity contribution is 6.12. The fraction of sp³-hybridized carbons (Fsp3) is 0.261. The number of ether oxygens (including phenoxy) is 2. The first-order chi connectivity index (χ1) is 29.0. The lowest BCUT2D eigenvalue weighted by Gasteiger charge is -2.11. The minimum atomic E-state index is -0.225. The molecule has 14 nitrogen and oxygen atoms in total. The van der Waals surface area contributed by atoms with Crippen LogP contribution in [0.3, 0.4) is 0 Å². The highest BCUT2D eigenvalue weighted by Gasteiger charge is 2.27. The number of hydrogen-bond donors (Lipinski definition) is 4. The third kappa shape index (κ3) is 8.77. The molecule has 9 rings (SSSR count). The molecule has 0 aliphatic heterocycles. The van der Waals surface area contributed by atoms with Gasteiger partial charge in [-0.1, -0.05) is 24.3 Å². The second kappa shape index (κ2) is 16.6. The molecule has 3 aliphatic rings. The second-order valence-electron chi connectivity index (χ2n) is 15.4. The van der Waals surface area contributed by atoms with Gasteiger partial charge in [-0.3, -0.25) is 19.2 Å². The van der Waals surface area contributed by atoms with Crippen LogP contribution in [-0.2, 0) is 0 Å². The van der Waals surface area contributed by atoms with Gasteiger partial charge in [-0.05, 0) is 124 Å². The monoisotopic (exact) mass is 806 g/mol. The van der Waals surface area contributed by atoms with E-state index < -0.39 is 0 Å². The summed E-state index contributed by atoms with van der Waals surface area (Å²) in [6.07, 6.45) is 9.38. The number of benzene rings is 4. The third-order valence-corrected chi connectivity index (χ3v) is 10.6. The number of nitrogens with one attached hydrogen (secondary N) is 2. The van der Waals surface area contributed by atoms with E-state index in [4.69, 9.17) is 20.9 Å². The normalized spacial score (nSPS) is 14.4. The zero-order valence-corrected chi connectivity index (χ0v) is 33.6. The first kappa shape index (κ1) is 39.6. The fourth-order valence-corrected chi connectivity index (χ4v) is 6.54. The van der Waals surface area contributed by atoms with E-state index >= 15 is 0 Å². The lowest BCUT2D eigenvalue weighted by atomic mass is 10.1. The van der Waals surface area contributed by atoms with Crippen LogP contribution in [0.4, 0.5) is 11.6 Å². The van der Waals surface area contributed by atoms with Gasteiger partial charge in [0, 0.05) is 34.3 Å². The summed E-state index contributed by atoms with van der Waals surface area (Å²) in [4.78, 5) is 50.8. The Morgan fingerprint density at radius 1 is 0.600 bits per heavy atom. The number of carbonyl (C=O) groups is 4. The molecule has 60 heavy (non-hydrogen) atoms. The van der Waals surface area contributed by atoms with E-state index in [1.54, 1.807) is 73.8 Å². The van der Waals surface area contributed by atoms with Crippen molar-refractivity contribution in [1.82, 2.24) is 30.2 Å². The highest BCUT2D eigenvalue weighted by Crippen LogP contribution is 2.30. The number of amides is 2. The fourth-order valence-electron chi connectivity index (χ4n) is 6.54. The maximum absolute atomic E-state index is 13.1. The molecular weight excluding hydrogens is 761 g/mol.